The lowest BCUT2D eigenvalue weighted by atomic mass is 10.2. The van der Waals surface area contributed by atoms with E-state index in [1.807, 2.05) is 13.0 Å². The second-order valence-corrected chi connectivity index (χ2v) is 4.73. The van der Waals surface area contributed by atoms with E-state index in [0.717, 1.165) is 11.6 Å². The normalized spacial score (nSPS) is 17.8. The summed E-state index contributed by atoms with van der Waals surface area (Å²) in [7, 11) is 0. The number of alkyl halides is 3. The van der Waals surface area contributed by atoms with Gasteiger partial charge in [0, 0.05) is 0 Å². The second kappa shape index (κ2) is 5.24. The summed E-state index contributed by atoms with van der Waals surface area (Å²) in [6.07, 6.45) is -4.72. The molecule has 1 heterocycles. The van der Waals surface area contributed by atoms with Crippen LogP contribution in [0.2, 0.25) is 0 Å². The highest BCUT2D eigenvalue weighted by Crippen LogP contribution is 2.25. The Bertz CT molecular complexity index is 596. The second-order valence-electron chi connectivity index (χ2n) is 4.35. The lowest BCUT2D eigenvalue weighted by Crippen LogP contribution is -2.30. The van der Waals surface area contributed by atoms with E-state index in [-0.39, 0.29) is 10.8 Å². The molecule has 1 amide bonds. The van der Waals surface area contributed by atoms with Crippen molar-refractivity contribution in [3.05, 3.63) is 41.6 Å². The van der Waals surface area contributed by atoms with Crippen LogP contribution in [0.25, 0.3) is 0 Å². The first-order valence-corrected chi connectivity index (χ1v) is 6.18. The van der Waals surface area contributed by atoms with Crippen molar-refractivity contribution in [3.8, 4) is 0 Å². The number of amides is 1. The first-order chi connectivity index (χ1) is 9.28. The topological polar surface area (TPSA) is 32.3 Å². The van der Waals surface area contributed by atoms with Crippen LogP contribution >= 0.6 is 12.2 Å². The average molecular weight is 300 g/mol. The quantitative estimate of drug-likeness (QED) is 0.673. The Labute approximate surface area is 119 Å². The predicted molar refractivity (Wildman–Crippen MR) is 73.2 cm³/mol. The van der Waals surface area contributed by atoms with E-state index in [2.05, 4.69) is 5.32 Å². The van der Waals surface area contributed by atoms with Crippen molar-refractivity contribution in [2.75, 3.05) is 4.90 Å². The number of hydrogen-bond acceptors (Lipinski definition) is 2. The molecule has 0 radical (unpaired) electrons. The fourth-order valence-electron chi connectivity index (χ4n) is 1.79. The van der Waals surface area contributed by atoms with Crippen molar-refractivity contribution in [2.24, 2.45) is 0 Å². The Hall–Kier alpha value is -1.89. The maximum atomic E-state index is 12.2. The van der Waals surface area contributed by atoms with Crippen LogP contribution in [-0.2, 0) is 4.79 Å². The highest BCUT2D eigenvalue weighted by atomic mass is 32.1. The van der Waals surface area contributed by atoms with Gasteiger partial charge in [0.1, 0.15) is 5.70 Å². The van der Waals surface area contributed by atoms with Gasteiger partial charge in [-0.1, -0.05) is 12.1 Å². The molecule has 0 unspecified atom stereocenters. The van der Waals surface area contributed by atoms with Gasteiger partial charge in [0.2, 0.25) is 0 Å². The fourth-order valence-corrected chi connectivity index (χ4v) is 2.09. The number of thiocarbonyl (C=S) groups is 1. The largest absolute Gasteiger partial charge is 0.392 e. The number of hydrogen-bond donors (Lipinski definition) is 1. The van der Waals surface area contributed by atoms with E-state index in [1.54, 1.807) is 18.2 Å². The first-order valence-electron chi connectivity index (χ1n) is 5.77. The lowest BCUT2D eigenvalue weighted by molar-refractivity contribution is -0.125. The summed E-state index contributed by atoms with van der Waals surface area (Å²) in [5.41, 5.74) is 1.31. The van der Waals surface area contributed by atoms with Gasteiger partial charge in [-0.05, 0) is 42.9 Å². The molecule has 106 valence electrons. The molecular formula is C13H11F3N2OS. The Kier molecular flexibility index (Phi) is 3.80. The highest BCUT2D eigenvalue weighted by molar-refractivity contribution is 7.80. The first kappa shape index (κ1) is 14.5. The summed E-state index contributed by atoms with van der Waals surface area (Å²) in [6.45, 7) is 1.85. The van der Waals surface area contributed by atoms with Crippen molar-refractivity contribution < 1.29 is 18.0 Å². The summed E-state index contributed by atoms with van der Waals surface area (Å²) in [5.74, 6) is -0.579. The monoisotopic (exact) mass is 300 g/mol. The molecule has 0 saturated carbocycles. The third-order valence-electron chi connectivity index (χ3n) is 2.68. The van der Waals surface area contributed by atoms with E-state index in [1.165, 1.54) is 4.90 Å². The summed E-state index contributed by atoms with van der Waals surface area (Å²) in [4.78, 5) is 13.3. The van der Waals surface area contributed by atoms with Crippen molar-refractivity contribution in [1.82, 2.24) is 5.32 Å². The molecule has 7 heteroatoms. The molecule has 1 aliphatic rings. The van der Waals surface area contributed by atoms with Gasteiger partial charge in [-0.15, -0.1) is 0 Å². The SMILES string of the molecule is Cc1cccc(N2C(=O)/C(=C\CC(F)(F)F)NC2=S)c1. The Morgan fingerprint density at radius 2 is 2.10 bits per heavy atom. The standard InChI is InChI=1S/C13H11F3N2OS/c1-8-3-2-4-9(7-8)18-11(19)10(17-12(18)20)5-6-13(14,15)16/h2-5,7H,6H2,1H3,(H,17,20)/b10-5+. The number of carbonyl (C=O) groups is 1. The van der Waals surface area contributed by atoms with Crippen LogP contribution < -0.4 is 10.2 Å². The minimum absolute atomic E-state index is 0.0778. The molecule has 1 aromatic carbocycles. The van der Waals surface area contributed by atoms with Gasteiger partial charge in [0.05, 0.1) is 12.1 Å². The van der Waals surface area contributed by atoms with E-state index in [0.29, 0.717) is 5.69 Å². The molecule has 1 fully saturated rings. The van der Waals surface area contributed by atoms with Gasteiger partial charge in [-0.25, -0.2) is 0 Å². The molecule has 0 spiro atoms. The highest BCUT2D eigenvalue weighted by Gasteiger charge is 2.33. The maximum absolute atomic E-state index is 12.2. The van der Waals surface area contributed by atoms with Gasteiger partial charge in [-0.3, -0.25) is 9.69 Å². The molecule has 1 N–H and O–H groups in total. The van der Waals surface area contributed by atoms with Crippen molar-refractivity contribution >= 4 is 28.9 Å². The van der Waals surface area contributed by atoms with Crippen LogP contribution in [0.1, 0.15) is 12.0 Å². The summed E-state index contributed by atoms with van der Waals surface area (Å²) in [6, 6.07) is 7.00. The van der Waals surface area contributed by atoms with Crippen LogP contribution in [0.15, 0.2) is 36.0 Å². The molecule has 0 aromatic heterocycles. The molecule has 0 atom stereocenters. The number of halogens is 3. The number of allylic oxidation sites excluding steroid dienone is 1. The zero-order chi connectivity index (χ0) is 14.9. The molecular weight excluding hydrogens is 289 g/mol. The summed E-state index contributed by atoms with van der Waals surface area (Å²) in [5, 5.41) is 2.59. The van der Waals surface area contributed by atoms with Crippen LogP contribution in [0.5, 0.6) is 0 Å². The zero-order valence-corrected chi connectivity index (χ0v) is 11.3. The maximum Gasteiger partial charge on any atom is 0.392 e. The van der Waals surface area contributed by atoms with Gasteiger partial charge in [0.15, 0.2) is 5.11 Å². The molecule has 1 aliphatic heterocycles. The molecule has 0 bridgehead atoms. The minimum Gasteiger partial charge on any atom is -0.328 e. The third-order valence-corrected chi connectivity index (χ3v) is 2.96. The zero-order valence-electron chi connectivity index (χ0n) is 10.5. The number of nitrogens with one attached hydrogen (secondary N) is 1. The van der Waals surface area contributed by atoms with E-state index in [4.69, 9.17) is 12.2 Å². The minimum atomic E-state index is -4.35. The van der Waals surface area contributed by atoms with Crippen LogP contribution in [0, 0.1) is 6.92 Å². The van der Waals surface area contributed by atoms with E-state index in [9.17, 15) is 18.0 Å². The van der Waals surface area contributed by atoms with Crippen molar-refractivity contribution in [3.63, 3.8) is 0 Å². The summed E-state index contributed by atoms with van der Waals surface area (Å²) < 4.78 is 36.5. The Balaban J connectivity index is 2.26. The van der Waals surface area contributed by atoms with Gasteiger partial charge >= 0.3 is 6.18 Å². The Morgan fingerprint density at radius 3 is 2.70 bits per heavy atom. The van der Waals surface area contributed by atoms with Crippen LogP contribution in [-0.4, -0.2) is 17.2 Å². The number of benzene rings is 1. The fraction of sp³-hybridized carbons (Fsp3) is 0.231. The number of aryl methyl sites for hydroxylation is 1. The molecule has 1 saturated heterocycles. The van der Waals surface area contributed by atoms with E-state index >= 15 is 0 Å². The van der Waals surface area contributed by atoms with Crippen LogP contribution in [0.4, 0.5) is 18.9 Å². The molecule has 20 heavy (non-hydrogen) atoms. The number of rotatable bonds is 2. The smallest absolute Gasteiger partial charge is 0.328 e. The van der Waals surface area contributed by atoms with Gasteiger partial charge in [-0.2, -0.15) is 13.2 Å². The molecule has 0 aliphatic carbocycles. The lowest BCUT2D eigenvalue weighted by Gasteiger charge is -2.14. The average Bonchev–Trinajstić information content (AvgIpc) is 2.61. The summed E-state index contributed by atoms with van der Waals surface area (Å²) >= 11 is 5.00. The van der Waals surface area contributed by atoms with Crippen molar-refractivity contribution in [2.45, 2.75) is 19.5 Å². The third kappa shape index (κ3) is 3.16. The number of carbonyl (C=O) groups excluding carboxylic acids is 1. The molecule has 2 rings (SSSR count). The van der Waals surface area contributed by atoms with Crippen molar-refractivity contribution in [1.29, 1.82) is 0 Å². The van der Waals surface area contributed by atoms with Gasteiger partial charge < -0.3 is 5.32 Å². The predicted octanol–water partition coefficient (Wildman–Crippen LogP) is 3.05. The molecule has 3 nitrogen and oxygen atoms in total. The molecule has 1 aromatic rings. The van der Waals surface area contributed by atoms with Crippen LogP contribution in [0.3, 0.4) is 0 Å². The Morgan fingerprint density at radius 1 is 1.40 bits per heavy atom. The van der Waals surface area contributed by atoms with E-state index < -0.39 is 18.5 Å². The number of nitrogens with zero attached hydrogens (tertiary/aromatic N) is 1. The van der Waals surface area contributed by atoms with Gasteiger partial charge in [0.25, 0.3) is 5.91 Å². The number of anilines is 1.